The second kappa shape index (κ2) is 6.46. The number of benzene rings is 1. The van der Waals surface area contributed by atoms with E-state index < -0.39 is 0 Å². The van der Waals surface area contributed by atoms with Crippen molar-refractivity contribution in [1.29, 1.82) is 0 Å². The fraction of sp³-hybridized carbons (Fsp3) is 0.294. The van der Waals surface area contributed by atoms with Crippen LogP contribution in [0, 0.1) is 6.92 Å². The Morgan fingerprint density at radius 3 is 2.68 bits per heavy atom. The smallest absolute Gasteiger partial charge is 0.160 e. The zero-order valence-electron chi connectivity index (χ0n) is 12.6. The summed E-state index contributed by atoms with van der Waals surface area (Å²) in [4.78, 5) is 9.08. The first-order chi connectivity index (χ1) is 10.7. The Morgan fingerprint density at radius 1 is 1.18 bits per heavy atom. The van der Waals surface area contributed by atoms with E-state index in [0.29, 0.717) is 18.1 Å². The molecule has 0 aliphatic heterocycles. The van der Waals surface area contributed by atoms with E-state index in [1.54, 1.807) is 6.20 Å². The van der Waals surface area contributed by atoms with Gasteiger partial charge < -0.3 is 10.3 Å². The van der Waals surface area contributed by atoms with Gasteiger partial charge in [-0.1, -0.05) is 41.4 Å². The Hall–Kier alpha value is -1.91. The maximum atomic E-state index is 6.01. The molecule has 0 unspecified atom stereocenters. The normalized spacial score (nSPS) is 11.2. The third kappa shape index (κ3) is 3.13. The van der Waals surface area contributed by atoms with Gasteiger partial charge in [-0.25, -0.2) is 9.97 Å². The maximum Gasteiger partial charge on any atom is 0.160 e. The van der Waals surface area contributed by atoms with Crippen LogP contribution in [0.15, 0.2) is 36.5 Å². The molecular weight excluding hydrogens is 296 g/mol. The molecule has 0 spiro atoms. The van der Waals surface area contributed by atoms with Crippen molar-refractivity contribution in [3.05, 3.63) is 58.5 Å². The lowest BCUT2D eigenvalue weighted by atomic mass is 10.1. The lowest BCUT2D eigenvalue weighted by Crippen LogP contribution is -2.13. The number of nitrogens with zero attached hydrogens (tertiary/aromatic N) is 3. The van der Waals surface area contributed by atoms with Gasteiger partial charge in [0.25, 0.3) is 0 Å². The molecular formula is C17H19ClN4. The standard InChI is InChI=1S/C17H19ClN4/c1-12-2-4-13(5-3-12)6-7-16-21-15-10-14(18)11-20-17(15)22(16)9-8-19/h2-5,10-11H,6-9,19H2,1H3. The molecule has 0 saturated heterocycles. The Morgan fingerprint density at radius 2 is 1.95 bits per heavy atom. The maximum absolute atomic E-state index is 6.01. The van der Waals surface area contributed by atoms with Crippen LogP contribution in [-0.4, -0.2) is 21.1 Å². The van der Waals surface area contributed by atoms with E-state index in [4.69, 9.17) is 17.3 Å². The summed E-state index contributed by atoms with van der Waals surface area (Å²) in [7, 11) is 0. The molecule has 0 amide bonds. The number of imidazole rings is 1. The summed E-state index contributed by atoms with van der Waals surface area (Å²) in [6, 6.07) is 10.5. The average Bonchev–Trinajstić information content (AvgIpc) is 2.84. The van der Waals surface area contributed by atoms with Crippen LogP contribution in [-0.2, 0) is 19.4 Å². The second-order valence-corrected chi connectivity index (χ2v) is 5.89. The highest BCUT2D eigenvalue weighted by Gasteiger charge is 2.12. The Labute approximate surface area is 134 Å². The van der Waals surface area contributed by atoms with Gasteiger partial charge in [0.1, 0.15) is 11.3 Å². The molecule has 2 heterocycles. The van der Waals surface area contributed by atoms with E-state index in [1.165, 1.54) is 11.1 Å². The van der Waals surface area contributed by atoms with Crippen molar-refractivity contribution in [2.75, 3.05) is 6.54 Å². The van der Waals surface area contributed by atoms with Gasteiger partial charge in [-0.2, -0.15) is 0 Å². The molecule has 1 aromatic carbocycles. The fourth-order valence-electron chi connectivity index (χ4n) is 2.60. The van der Waals surface area contributed by atoms with Crippen LogP contribution in [0.25, 0.3) is 11.2 Å². The second-order valence-electron chi connectivity index (χ2n) is 5.45. The van der Waals surface area contributed by atoms with E-state index in [-0.39, 0.29) is 0 Å². The summed E-state index contributed by atoms with van der Waals surface area (Å²) in [6.45, 7) is 3.38. The molecule has 4 nitrogen and oxygen atoms in total. The minimum absolute atomic E-state index is 0.563. The van der Waals surface area contributed by atoms with Crippen LogP contribution in [0.3, 0.4) is 0 Å². The topological polar surface area (TPSA) is 56.7 Å². The predicted octanol–water partition coefficient (Wildman–Crippen LogP) is 3.14. The number of rotatable bonds is 5. The number of fused-ring (bicyclic) bond motifs is 1. The van der Waals surface area contributed by atoms with Gasteiger partial charge in [0.05, 0.1) is 5.02 Å². The van der Waals surface area contributed by atoms with Crippen LogP contribution in [0.1, 0.15) is 17.0 Å². The summed E-state index contributed by atoms with van der Waals surface area (Å²) in [5.74, 6) is 1.01. The molecule has 3 rings (SSSR count). The molecule has 114 valence electrons. The number of pyridine rings is 1. The number of aromatic nitrogens is 3. The molecule has 0 atom stereocenters. The molecule has 22 heavy (non-hydrogen) atoms. The largest absolute Gasteiger partial charge is 0.329 e. The van der Waals surface area contributed by atoms with Gasteiger partial charge in [0.15, 0.2) is 5.65 Å². The summed E-state index contributed by atoms with van der Waals surface area (Å²) in [5.41, 5.74) is 10.0. The van der Waals surface area contributed by atoms with Crippen LogP contribution >= 0.6 is 11.6 Å². The SMILES string of the molecule is Cc1ccc(CCc2nc3cc(Cl)cnc3n2CCN)cc1. The number of halogens is 1. The highest BCUT2D eigenvalue weighted by molar-refractivity contribution is 6.31. The summed E-state index contributed by atoms with van der Waals surface area (Å²) < 4.78 is 2.10. The molecule has 0 saturated carbocycles. The van der Waals surface area contributed by atoms with Crippen molar-refractivity contribution in [3.8, 4) is 0 Å². The number of aryl methyl sites for hydroxylation is 3. The Kier molecular flexibility index (Phi) is 4.41. The van der Waals surface area contributed by atoms with Crippen molar-refractivity contribution in [2.45, 2.75) is 26.3 Å². The quantitative estimate of drug-likeness (QED) is 0.787. The zero-order chi connectivity index (χ0) is 15.5. The van der Waals surface area contributed by atoms with Crippen LogP contribution in [0.2, 0.25) is 5.02 Å². The van der Waals surface area contributed by atoms with E-state index >= 15 is 0 Å². The molecule has 0 aliphatic carbocycles. The van der Waals surface area contributed by atoms with Gasteiger partial charge in [-0.3, -0.25) is 0 Å². The molecule has 3 aromatic rings. The molecule has 0 radical (unpaired) electrons. The van der Waals surface area contributed by atoms with Crippen molar-refractivity contribution in [1.82, 2.24) is 14.5 Å². The van der Waals surface area contributed by atoms with Gasteiger partial charge >= 0.3 is 0 Å². The van der Waals surface area contributed by atoms with Gasteiger partial charge in [-0.05, 0) is 25.0 Å². The van der Waals surface area contributed by atoms with Crippen molar-refractivity contribution in [3.63, 3.8) is 0 Å². The first-order valence-electron chi connectivity index (χ1n) is 7.43. The minimum Gasteiger partial charge on any atom is -0.329 e. The van der Waals surface area contributed by atoms with Crippen molar-refractivity contribution in [2.24, 2.45) is 5.73 Å². The Bertz CT molecular complexity index is 777. The fourth-order valence-corrected chi connectivity index (χ4v) is 2.75. The van der Waals surface area contributed by atoms with Crippen molar-refractivity contribution < 1.29 is 0 Å². The van der Waals surface area contributed by atoms with Crippen LogP contribution in [0.4, 0.5) is 0 Å². The molecule has 0 aliphatic rings. The number of nitrogens with two attached hydrogens (primary N) is 1. The lowest BCUT2D eigenvalue weighted by Gasteiger charge is -2.07. The van der Waals surface area contributed by atoms with Gasteiger partial charge in [0.2, 0.25) is 0 Å². The van der Waals surface area contributed by atoms with Gasteiger partial charge in [0, 0.05) is 25.7 Å². The molecule has 0 bridgehead atoms. The Balaban J connectivity index is 1.88. The number of hydrogen-bond donors (Lipinski definition) is 1. The first kappa shape index (κ1) is 15.0. The van der Waals surface area contributed by atoms with E-state index in [9.17, 15) is 0 Å². The minimum atomic E-state index is 0.563. The highest BCUT2D eigenvalue weighted by Crippen LogP contribution is 2.19. The van der Waals surface area contributed by atoms with Crippen LogP contribution in [0.5, 0.6) is 0 Å². The lowest BCUT2D eigenvalue weighted by molar-refractivity contribution is 0.667. The number of hydrogen-bond acceptors (Lipinski definition) is 3. The predicted molar refractivity (Wildman–Crippen MR) is 90.2 cm³/mol. The average molecular weight is 315 g/mol. The van der Waals surface area contributed by atoms with Gasteiger partial charge in [-0.15, -0.1) is 0 Å². The monoisotopic (exact) mass is 314 g/mol. The third-order valence-electron chi connectivity index (χ3n) is 3.74. The summed E-state index contributed by atoms with van der Waals surface area (Å²) >= 11 is 6.01. The summed E-state index contributed by atoms with van der Waals surface area (Å²) in [5, 5.41) is 0.606. The highest BCUT2D eigenvalue weighted by atomic mass is 35.5. The van der Waals surface area contributed by atoms with Crippen molar-refractivity contribution >= 4 is 22.8 Å². The van der Waals surface area contributed by atoms with Crippen LogP contribution < -0.4 is 5.73 Å². The van der Waals surface area contributed by atoms with E-state index in [2.05, 4.69) is 45.7 Å². The first-order valence-corrected chi connectivity index (χ1v) is 7.81. The molecule has 0 fully saturated rings. The van der Waals surface area contributed by atoms with E-state index in [0.717, 1.165) is 29.8 Å². The molecule has 2 aromatic heterocycles. The van der Waals surface area contributed by atoms with E-state index in [1.807, 2.05) is 6.07 Å². The molecule has 5 heteroatoms. The molecule has 2 N–H and O–H groups in total. The third-order valence-corrected chi connectivity index (χ3v) is 3.95. The summed E-state index contributed by atoms with van der Waals surface area (Å²) in [6.07, 6.45) is 3.46. The zero-order valence-corrected chi connectivity index (χ0v) is 13.3.